The molecule has 1 amide bonds. The van der Waals surface area contributed by atoms with Gasteiger partial charge in [0.1, 0.15) is 5.75 Å². The van der Waals surface area contributed by atoms with Gasteiger partial charge in [-0.25, -0.2) is 4.68 Å². The number of nitrogens with zero attached hydrogens (tertiary/aromatic N) is 3. The third kappa shape index (κ3) is 3.41. The number of aromatic nitrogens is 3. The van der Waals surface area contributed by atoms with Crippen LogP contribution in [0.4, 0.5) is 0 Å². The van der Waals surface area contributed by atoms with Crippen LogP contribution in [0, 0.1) is 0 Å². The molecule has 0 radical (unpaired) electrons. The van der Waals surface area contributed by atoms with E-state index < -0.39 is 0 Å². The number of aromatic amines is 1. The Morgan fingerprint density at radius 3 is 2.70 bits per heavy atom. The highest BCUT2D eigenvalue weighted by Gasteiger charge is 2.32. The summed E-state index contributed by atoms with van der Waals surface area (Å²) >= 11 is 0. The van der Waals surface area contributed by atoms with Gasteiger partial charge in [0.2, 0.25) is 0 Å². The average molecular weight is 441 g/mol. The zero-order valence-electron chi connectivity index (χ0n) is 18.9. The number of likely N-dealkylation sites (tertiary alicyclic amines) is 1. The number of piperidine rings is 1. The van der Waals surface area contributed by atoms with Crippen LogP contribution in [0.15, 0.2) is 54.7 Å². The van der Waals surface area contributed by atoms with Crippen molar-refractivity contribution in [1.29, 1.82) is 0 Å². The number of para-hydroxylation sites is 1. The fourth-order valence-electron chi connectivity index (χ4n) is 5.52. The molecule has 2 aromatic carbocycles. The topological polar surface area (TPSA) is 63.1 Å². The van der Waals surface area contributed by atoms with Crippen molar-refractivity contribution in [1.82, 2.24) is 19.7 Å². The fraction of sp³-hybridized carbons (Fsp3) is 0.333. The van der Waals surface area contributed by atoms with Crippen molar-refractivity contribution in [3.05, 3.63) is 77.2 Å². The lowest BCUT2D eigenvalue weighted by atomic mass is 9.89. The fourth-order valence-corrected chi connectivity index (χ4v) is 5.52. The van der Waals surface area contributed by atoms with Crippen LogP contribution in [0.2, 0.25) is 0 Å². The number of hydrogen-bond donors (Lipinski definition) is 1. The highest BCUT2D eigenvalue weighted by Crippen LogP contribution is 2.36. The van der Waals surface area contributed by atoms with Crippen LogP contribution >= 0.6 is 0 Å². The second-order valence-electron chi connectivity index (χ2n) is 9.10. The predicted octanol–water partition coefficient (Wildman–Crippen LogP) is 4.87. The Kier molecular flexibility index (Phi) is 4.93. The molecule has 33 heavy (non-hydrogen) atoms. The number of carbonyl (C=O) groups is 1. The van der Waals surface area contributed by atoms with E-state index >= 15 is 0 Å². The molecule has 1 N–H and O–H groups in total. The molecule has 0 bridgehead atoms. The quantitative estimate of drug-likeness (QED) is 0.492. The van der Waals surface area contributed by atoms with Crippen LogP contribution in [-0.4, -0.2) is 45.8 Å². The van der Waals surface area contributed by atoms with Gasteiger partial charge in [-0.15, -0.1) is 0 Å². The van der Waals surface area contributed by atoms with Gasteiger partial charge in [-0.05, 0) is 73.9 Å². The highest BCUT2D eigenvalue weighted by atomic mass is 16.5. The average Bonchev–Trinajstić information content (AvgIpc) is 3.59. The third-order valence-electron chi connectivity index (χ3n) is 7.28. The van der Waals surface area contributed by atoms with Crippen LogP contribution in [0.5, 0.6) is 5.75 Å². The number of nitrogens with one attached hydrogen (secondary N) is 1. The Hall–Kier alpha value is -3.54. The molecule has 0 atom stereocenters. The van der Waals surface area contributed by atoms with E-state index in [-0.39, 0.29) is 5.91 Å². The summed E-state index contributed by atoms with van der Waals surface area (Å²) in [7, 11) is 1.70. The number of fused-ring (bicyclic) bond motifs is 2. The first-order valence-electron chi connectivity index (χ1n) is 11.8. The number of rotatable bonds is 4. The lowest BCUT2D eigenvalue weighted by molar-refractivity contribution is 0.0706. The number of benzene rings is 2. The van der Waals surface area contributed by atoms with E-state index in [1.54, 1.807) is 7.11 Å². The zero-order valence-corrected chi connectivity index (χ0v) is 18.9. The summed E-state index contributed by atoms with van der Waals surface area (Å²) in [6, 6.07) is 16.3. The van der Waals surface area contributed by atoms with Crippen molar-refractivity contribution in [2.75, 3.05) is 20.2 Å². The highest BCUT2D eigenvalue weighted by molar-refractivity contribution is 5.94. The molecular formula is C27H28N4O2. The van der Waals surface area contributed by atoms with Gasteiger partial charge in [0.15, 0.2) is 5.69 Å². The van der Waals surface area contributed by atoms with Crippen molar-refractivity contribution >= 4 is 16.8 Å². The number of ether oxygens (including phenoxy) is 1. The van der Waals surface area contributed by atoms with Gasteiger partial charge in [-0.1, -0.05) is 18.2 Å². The molecule has 1 saturated heterocycles. The van der Waals surface area contributed by atoms with E-state index in [0.717, 1.165) is 67.7 Å². The van der Waals surface area contributed by atoms with Crippen molar-refractivity contribution < 1.29 is 9.53 Å². The molecule has 2 aliphatic rings. The van der Waals surface area contributed by atoms with Crippen LogP contribution in [0.3, 0.4) is 0 Å². The van der Waals surface area contributed by atoms with Gasteiger partial charge in [0.05, 0.1) is 12.8 Å². The predicted molar refractivity (Wildman–Crippen MR) is 128 cm³/mol. The van der Waals surface area contributed by atoms with Crippen molar-refractivity contribution in [3.8, 4) is 11.4 Å². The first-order valence-corrected chi connectivity index (χ1v) is 11.8. The minimum absolute atomic E-state index is 0.0851. The molecule has 0 saturated carbocycles. The van der Waals surface area contributed by atoms with Gasteiger partial charge in [0.25, 0.3) is 5.91 Å². The zero-order chi connectivity index (χ0) is 22.4. The van der Waals surface area contributed by atoms with Gasteiger partial charge in [-0.3, -0.25) is 4.79 Å². The summed E-state index contributed by atoms with van der Waals surface area (Å²) in [5.74, 6) is 1.39. The Morgan fingerprint density at radius 1 is 1.09 bits per heavy atom. The maximum Gasteiger partial charge on any atom is 0.274 e. The second kappa shape index (κ2) is 8.10. The Bertz CT molecular complexity index is 1310. The first-order chi connectivity index (χ1) is 16.2. The molecule has 1 aliphatic heterocycles. The number of H-pyrrole nitrogens is 1. The summed E-state index contributed by atoms with van der Waals surface area (Å²) in [6.07, 6.45) is 7.05. The van der Waals surface area contributed by atoms with E-state index in [1.165, 1.54) is 16.6 Å². The molecule has 4 aromatic rings. The summed E-state index contributed by atoms with van der Waals surface area (Å²) < 4.78 is 7.41. The molecule has 168 valence electrons. The van der Waals surface area contributed by atoms with Crippen LogP contribution in [0.25, 0.3) is 16.6 Å². The minimum atomic E-state index is 0.0851. The summed E-state index contributed by atoms with van der Waals surface area (Å²) in [5, 5.41) is 6.03. The molecule has 6 heteroatoms. The van der Waals surface area contributed by atoms with E-state index in [0.29, 0.717) is 11.6 Å². The monoisotopic (exact) mass is 440 g/mol. The molecule has 3 heterocycles. The van der Waals surface area contributed by atoms with Crippen LogP contribution in [-0.2, 0) is 12.8 Å². The van der Waals surface area contributed by atoms with Crippen molar-refractivity contribution in [2.45, 2.75) is 38.0 Å². The molecule has 1 aliphatic carbocycles. The molecule has 2 aromatic heterocycles. The summed E-state index contributed by atoms with van der Waals surface area (Å²) in [4.78, 5) is 18.9. The molecular weight excluding hydrogens is 412 g/mol. The van der Waals surface area contributed by atoms with E-state index in [2.05, 4.69) is 35.4 Å². The molecule has 6 nitrogen and oxygen atoms in total. The first kappa shape index (κ1) is 20.1. The van der Waals surface area contributed by atoms with Gasteiger partial charge in [-0.2, -0.15) is 5.10 Å². The normalized spacial score (nSPS) is 16.3. The lowest BCUT2D eigenvalue weighted by Gasteiger charge is -2.31. The maximum absolute atomic E-state index is 13.5. The lowest BCUT2D eigenvalue weighted by Crippen LogP contribution is -2.38. The van der Waals surface area contributed by atoms with E-state index in [4.69, 9.17) is 9.84 Å². The van der Waals surface area contributed by atoms with Gasteiger partial charge < -0.3 is 14.6 Å². The molecule has 0 unspecified atom stereocenters. The number of methoxy groups -OCH3 is 1. The van der Waals surface area contributed by atoms with E-state index in [1.807, 2.05) is 33.8 Å². The number of amides is 1. The van der Waals surface area contributed by atoms with Crippen LogP contribution in [0.1, 0.15) is 52.5 Å². The summed E-state index contributed by atoms with van der Waals surface area (Å²) in [6.45, 7) is 1.51. The second-order valence-corrected chi connectivity index (χ2v) is 9.10. The SMILES string of the molecule is COc1ccc2[nH]cc(C3CCN(C(=O)c4nn(-c5ccccc5)c5c4CCC5)CC3)c2c1. The molecule has 6 rings (SSSR count). The molecule has 0 spiro atoms. The Labute approximate surface area is 193 Å². The van der Waals surface area contributed by atoms with Crippen LogP contribution < -0.4 is 4.74 Å². The summed E-state index contributed by atoms with van der Waals surface area (Å²) in [5.41, 5.74) is 6.49. The number of hydrogen-bond acceptors (Lipinski definition) is 3. The van der Waals surface area contributed by atoms with Crippen molar-refractivity contribution in [3.63, 3.8) is 0 Å². The Morgan fingerprint density at radius 2 is 1.91 bits per heavy atom. The third-order valence-corrected chi connectivity index (χ3v) is 7.28. The number of carbonyl (C=O) groups excluding carboxylic acids is 1. The minimum Gasteiger partial charge on any atom is -0.497 e. The molecule has 1 fully saturated rings. The van der Waals surface area contributed by atoms with Crippen molar-refractivity contribution in [2.24, 2.45) is 0 Å². The smallest absolute Gasteiger partial charge is 0.274 e. The largest absolute Gasteiger partial charge is 0.497 e. The standard InChI is InChI=1S/C27H28N4O2/c1-33-20-10-11-24-22(16-20)23(17-28-24)18-12-14-30(15-13-18)27(32)26-21-8-5-9-25(21)31(29-26)19-6-3-2-4-7-19/h2-4,6-7,10-11,16-18,28H,5,8-9,12-15H2,1H3. The Balaban J connectivity index is 1.22. The van der Waals surface area contributed by atoms with E-state index in [9.17, 15) is 4.79 Å². The van der Waals surface area contributed by atoms with Gasteiger partial charge in [0, 0.05) is 41.4 Å². The van der Waals surface area contributed by atoms with Gasteiger partial charge >= 0.3 is 0 Å². The maximum atomic E-state index is 13.5.